The maximum atomic E-state index is 12.0. The van der Waals surface area contributed by atoms with Gasteiger partial charge in [0.05, 0.1) is 6.61 Å². The van der Waals surface area contributed by atoms with E-state index in [9.17, 15) is 4.79 Å². The number of halogens is 1. The van der Waals surface area contributed by atoms with Crippen molar-refractivity contribution >= 4 is 35.8 Å². The lowest BCUT2D eigenvalue weighted by Crippen LogP contribution is -2.38. The first kappa shape index (κ1) is 27.7. The van der Waals surface area contributed by atoms with Gasteiger partial charge in [0.15, 0.2) is 5.96 Å². The van der Waals surface area contributed by atoms with Crippen LogP contribution in [0.25, 0.3) is 0 Å². The summed E-state index contributed by atoms with van der Waals surface area (Å²) in [5, 5.41) is 6.69. The number of carbonyl (C=O) groups excluding carboxylic acids is 1. The lowest BCUT2D eigenvalue weighted by molar-refractivity contribution is -0.130. The van der Waals surface area contributed by atoms with Gasteiger partial charge in [0.2, 0.25) is 5.91 Å². The minimum Gasteiger partial charge on any atom is -0.381 e. The van der Waals surface area contributed by atoms with Crippen LogP contribution in [0.3, 0.4) is 0 Å². The molecular formula is C24H41IN4O2. The van der Waals surface area contributed by atoms with Crippen LogP contribution in [-0.2, 0) is 16.0 Å². The van der Waals surface area contributed by atoms with Gasteiger partial charge in [0.1, 0.15) is 0 Å². The second-order valence-corrected chi connectivity index (χ2v) is 7.79. The van der Waals surface area contributed by atoms with Crippen molar-refractivity contribution in [2.45, 2.75) is 58.3 Å². The van der Waals surface area contributed by atoms with Crippen LogP contribution in [-0.4, -0.2) is 62.7 Å². The van der Waals surface area contributed by atoms with Crippen LogP contribution in [0, 0.1) is 0 Å². The molecule has 1 saturated heterocycles. The summed E-state index contributed by atoms with van der Waals surface area (Å²) >= 11 is 0. The Morgan fingerprint density at radius 3 is 2.71 bits per heavy atom. The minimum absolute atomic E-state index is 0. The van der Waals surface area contributed by atoms with Crippen molar-refractivity contribution in [1.82, 2.24) is 15.5 Å². The number of aliphatic imine (C=N–C) groups is 1. The lowest BCUT2D eigenvalue weighted by Gasteiger charge is -2.20. The summed E-state index contributed by atoms with van der Waals surface area (Å²) in [6.45, 7) is 7.86. The molecule has 0 unspecified atom stereocenters. The van der Waals surface area contributed by atoms with Crippen LogP contribution in [0.2, 0.25) is 0 Å². The first-order valence-electron chi connectivity index (χ1n) is 11.7. The molecule has 2 N–H and O–H groups in total. The van der Waals surface area contributed by atoms with Gasteiger partial charge >= 0.3 is 0 Å². The van der Waals surface area contributed by atoms with Gasteiger partial charge in [-0.3, -0.25) is 9.79 Å². The highest BCUT2D eigenvalue weighted by molar-refractivity contribution is 14.0. The summed E-state index contributed by atoms with van der Waals surface area (Å²) in [6, 6.07) is 10.5. The number of rotatable bonds is 13. The molecule has 0 saturated carbocycles. The molecular weight excluding hydrogens is 503 g/mol. The molecule has 0 spiro atoms. The fraction of sp³-hybridized carbons (Fsp3) is 0.667. The Labute approximate surface area is 205 Å². The van der Waals surface area contributed by atoms with Gasteiger partial charge in [-0.15, -0.1) is 24.0 Å². The molecule has 0 radical (unpaired) electrons. The van der Waals surface area contributed by atoms with E-state index in [4.69, 9.17) is 4.74 Å². The molecule has 1 aliphatic rings. The third-order valence-electron chi connectivity index (χ3n) is 5.26. The standard InChI is InChI=1S/C24H40N4O2.HI/c1-2-25-24(27-17-11-19-28-18-9-4-7-14-23(28)29)26-16-8-10-20-30-21-15-22-12-5-3-6-13-22;/h3,5-6,12-13H,2,4,7-11,14-21H2,1H3,(H2,25,26,27);1H. The lowest BCUT2D eigenvalue weighted by atomic mass is 10.2. The maximum absolute atomic E-state index is 12.0. The van der Waals surface area contributed by atoms with Crippen LogP contribution < -0.4 is 10.6 Å². The molecule has 7 heteroatoms. The van der Waals surface area contributed by atoms with Crippen molar-refractivity contribution in [2.75, 3.05) is 45.9 Å². The molecule has 0 aliphatic carbocycles. The molecule has 1 amide bonds. The van der Waals surface area contributed by atoms with Gasteiger partial charge in [0.25, 0.3) is 0 Å². The SMILES string of the molecule is CCNC(=NCCCN1CCCCCC1=O)NCCCCOCCc1ccccc1.I. The highest BCUT2D eigenvalue weighted by Gasteiger charge is 2.15. The average Bonchev–Trinajstić information content (AvgIpc) is 2.97. The van der Waals surface area contributed by atoms with Crippen molar-refractivity contribution in [3.05, 3.63) is 35.9 Å². The number of benzene rings is 1. The van der Waals surface area contributed by atoms with Crippen LogP contribution in [0.5, 0.6) is 0 Å². The topological polar surface area (TPSA) is 66.0 Å². The van der Waals surface area contributed by atoms with Gasteiger partial charge in [-0.1, -0.05) is 36.8 Å². The number of amides is 1. The zero-order valence-corrected chi connectivity index (χ0v) is 21.4. The van der Waals surface area contributed by atoms with E-state index in [-0.39, 0.29) is 24.0 Å². The van der Waals surface area contributed by atoms with Crippen molar-refractivity contribution in [1.29, 1.82) is 0 Å². The summed E-state index contributed by atoms with van der Waals surface area (Å²) in [5.74, 6) is 1.18. The van der Waals surface area contributed by atoms with Crippen LogP contribution in [0.4, 0.5) is 0 Å². The molecule has 0 aromatic heterocycles. The zero-order chi connectivity index (χ0) is 21.3. The Hall–Kier alpha value is -1.35. The highest BCUT2D eigenvalue weighted by atomic mass is 127. The number of guanidine groups is 1. The molecule has 2 rings (SSSR count). The summed E-state index contributed by atoms with van der Waals surface area (Å²) in [5.41, 5.74) is 1.32. The fourth-order valence-corrected chi connectivity index (χ4v) is 3.54. The van der Waals surface area contributed by atoms with Crippen LogP contribution >= 0.6 is 24.0 Å². The molecule has 31 heavy (non-hydrogen) atoms. The summed E-state index contributed by atoms with van der Waals surface area (Å²) in [7, 11) is 0. The molecule has 1 fully saturated rings. The normalized spacial score (nSPS) is 14.7. The molecule has 1 aromatic carbocycles. The summed E-state index contributed by atoms with van der Waals surface area (Å²) < 4.78 is 5.74. The summed E-state index contributed by atoms with van der Waals surface area (Å²) in [4.78, 5) is 18.7. The number of ether oxygens (including phenoxy) is 1. The fourth-order valence-electron chi connectivity index (χ4n) is 3.54. The van der Waals surface area contributed by atoms with Crippen molar-refractivity contribution in [3.63, 3.8) is 0 Å². The average molecular weight is 545 g/mol. The molecule has 1 heterocycles. The van der Waals surface area contributed by atoms with Crippen molar-refractivity contribution in [3.8, 4) is 0 Å². The van der Waals surface area contributed by atoms with E-state index in [1.165, 1.54) is 12.0 Å². The third kappa shape index (κ3) is 12.9. The van der Waals surface area contributed by atoms with Gasteiger partial charge < -0.3 is 20.3 Å². The van der Waals surface area contributed by atoms with Gasteiger partial charge in [-0.05, 0) is 51.0 Å². The summed E-state index contributed by atoms with van der Waals surface area (Å²) in [6.07, 6.45) is 8.04. The number of likely N-dealkylation sites (tertiary alicyclic amines) is 1. The zero-order valence-electron chi connectivity index (χ0n) is 19.1. The minimum atomic E-state index is 0. The van der Waals surface area contributed by atoms with Crippen LogP contribution in [0.1, 0.15) is 57.4 Å². The Kier molecular flexibility index (Phi) is 16.3. The molecule has 1 aliphatic heterocycles. The molecule has 1 aromatic rings. The third-order valence-corrected chi connectivity index (χ3v) is 5.26. The molecule has 0 bridgehead atoms. The predicted octanol–water partition coefficient (Wildman–Crippen LogP) is 3.99. The van der Waals surface area contributed by atoms with E-state index in [2.05, 4.69) is 46.8 Å². The van der Waals surface area contributed by atoms with Crippen molar-refractivity contribution < 1.29 is 9.53 Å². The number of nitrogens with one attached hydrogen (secondary N) is 2. The number of hydrogen-bond donors (Lipinski definition) is 2. The quantitative estimate of drug-likeness (QED) is 0.171. The Balaban J connectivity index is 0.00000480. The molecule has 176 valence electrons. The smallest absolute Gasteiger partial charge is 0.222 e. The molecule has 0 atom stereocenters. The number of hydrogen-bond acceptors (Lipinski definition) is 3. The van der Waals surface area contributed by atoms with Gasteiger partial charge in [-0.2, -0.15) is 0 Å². The monoisotopic (exact) mass is 544 g/mol. The predicted molar refractivity (Wildman–Crippen MR) is 139 cm³/mol. The van der Waals surface area contributed by atoms with E-state index in [0.29, 0.717) is 12.3 Å². The van der Waals surface area contributed by atoms with Gasteiger partial charge in [-0.25, -0.2) is 0 Å². The highest BCUT2D eigenvalue weighted by Crippen LogP contribution is 2.11. The number of unbranched alkanes of at least 4 members (excludes halogenated alkanes) is 1. The first-order chi connectivity index (χ1) is 14.8. The maximum Gasteiger partial charge on any atom is 0.222 e. The Morgan fingerprint density at radius 2 is 1.90 bits per heavy atom. The van der Waals surface area contributed by atoms with Crippen LogP contribution in [0.15, 0.2) is 35.3 Å². The largest absolute Gasteiger partial charge is 0.381 e. The van der Waals surface area contributed by atoms with E-state index in [0.717, 1.165) is 90.4 Å². The Bertz CT molecular complexity index is 613. The van der Waals surface area contributed by atoms with E-state index in [1.54, 1.807) is 0 Å². The number of nitrogens with zero attached hydrogens (tertiary/aromatic N) is 2. The first-order valence-corrected chi connectivity index (χ1v) is 11.7. The Morgan fingerprint density at radius 1 is 1.06 bits per heavy atom. The van der Waals surface area contributed by atoms with E-state index < -0.39 is 0 Å². The second kappa shape index (κ2) is 18.2. The molecule has 6 nitrogen and oxygen atoms in total. The second-order valence-electron chi connectivity index (χ2n) is 7.79. The van der Waals surface area contributed by atoms with Crippen molar-refractivity contribution in [2.24, 2.45) is 4.99 Å². The van der Waals surface area contributed by atoms with E-state index in [1.807, 2.05) is 11.0 Å². The number of carbonyl (C=O) groups is 1. The van der Waals surface area contributed by atoms with Gasteiger partial charge in [0, 0.05) is 45.8 Å². The van der Waals surface area contributed by atoms with E-state index >= 15 is 0 Å².